The Morgan fingerprint density at radius 3 is 2.78 bits per heavy atom. The van der Waals surface area contributed by atoms with Gasteiger partial charge in [-0.2, -0.15) is 5.10 Å². The molecular formula is C13H18BrN3O. The quantitative estimate of drug-likeness (QED) is 0.890. The molecule has 2 aromatic heterocycles. The minimum Gasteiger partial charge on any atom is -0.453 e. The predicted octanol–water partition coefficient (Wildman–Crippen LogP) is 3.36. The molecule has 0 bridgehead atoms. The molecule has 0 saturated heterocycles. The van der Waals surface area contributed by atoms with Crippen LogP contribution in [-0.2, 0) is 6.42 Å². The van der Waals surface area contributed by atoms with Crippen LogP contribution < -0.4 is 5.32 Å². The van der Waals surface area contributed by atoms with E-state index in [9.17, 15) is 0 Å². The number of rotatable bonds is 5. The van der Waals surface area contributed by atoms with Gasteiger partial charge in [-0.3, -0.25) is 5.10 Å². The largest absolute Gasteiger partial charge is 0.453 e. The Balaban J connectivity index is 1.89. The summed E-state index contributed by atoms with van der Waals surface area (Å²) in [5.74, 6) is 0.937. The summed E-state index contributed by atoms with van der Waals surface area (Å²) in [7, 11) is 0. The van der Waals surface area contributed by atoms with Gasteiger partial charge in [-0.25, -0.2) is 0 Å². The molecule has 2 atom stereocenters. The van der Waals surface area contributed by atoms with E-state index in [1.807, 2.05) is 19.1 Å². The number of aromatic amines is 1. The molecule has 4 nitrogen and oxygen atoms in total. The van der Waals surface area contributed by atoms with Gasteiger partial charge in [0.15, 0.2) is 4.67 Å². The van der Waals surface area contributed by atoms with Gasteiger partial charge < -0.3 is 9.73 Å². The molecule has 0 radical (unpaired) electrons. The summed E-state index contributed by atoms with van der Waals surface area (Å²) >= 11 is 3.31. The molecule has 0 aliphatic rings. The van der Waals surface area contributed by atoms with Crippen molar-refractivity contribution in [2.75, 3.05) is 0 Å². The highest BCUT2D eigenvalue weighted by atomic mass is 79.9. The Morgan fingerprint density at radius 2 is 2.22 bits per heavy atom. The summed E-state index contributed by atoms with van der Waals surface area (Å²) in [6, 6.07) is 6.49. The molecule has 0 aliphatic carbocycles. The number of aryl methyl sites for hydroxylation is 1. The van der Waals surface area contributed by atoms with E-state index in [0.29, 0.717) is 6.04 Å². The van der Waals surface area contributed by atoms with Crippen LogP contribution in [-0.4, -0.2) is 16.2 Å². The van der Waals surface area contributed by atoms with Crippen LogP contribution in [0.25, 0.3) is 0 Å². The minimum atomic E-state index is 0.186. The Morgan fingerprint density at radius 1 is 1.44 bits per heavy atom. The highest BCUT2D eigenvalue weighted by Gasteiger charge is 2.14. The number of nitrogens with one attached hydrogen (secondary N) is 2. The van der Waals surface area contributed by atoms with Crippen molar-refractivity contribution in [3.63, 3.8) is 0 Å². The second-order valence-corrected chi connectivity index (χ2v) is 5.46. The normalized spacial score (nSPS) is 14.7. The lowest BCUT2D eigenvalue weighted by atomic mass is 10.1. The number of nitrogens with zero attached hydrogens (tertiary/aromatic N) is 1. The maximum Gasteiger partial charge on any atom is 0.169 e. The first-order valence-electron chi connectivity index (χ1n) is 6.07. The van der Waals surface area contributed by atoms with Crippen LogP contribution in [0, 0.1) is 6.92 Å². The smallest absolute Gasteiger partial charge is 0.169 e. The van der Waals surface area contributed by atoms with Crippen LogP contribution in [0.2, 0.25) is 0 Å². The van der Waals surface area contributed by atoms with E-state index >= 15 is 0 Å². The highest BCUT2D eigenvalue weighted by Crippen LogP contribution is 2.20. The van der Waals surface area contributed by atoms with Crippen molar-refractivity contribution < 1.29 is 4.42 Å². The molecule has 0 fully saturated rings. The van der Waals surface area contributed by atoms with Gasteiger partial charge in [0.2, 0.25) is 0 Å². The maximum absolute atomic E-state index is 5.53. The third-order valence-corrected chi connectivity index (χ3v) is 3.26. The zero-order valence-corrected chi connectivity index (χ0v) is 12.4. The zero-order valence-electron chi connectivity index (χ0n) is 10.8. The molecule has 0 unspecified atom stereocenters. The molecule has 5 heteroatoms. The van der Waals surface area contributed by atoms with Crippen LogP contribution in [0.3, 0.4) is 0 Å². The van der Waals surface area contributed by atoms with Crippen LogP contribution in [0.1, 0.15) is 37.0 Å². The van der Waals surface area contributed by atoms with E-state index in [1.165, 1.54) is 0 Å². The average Bonchev–Trinajstić information content (AvgIpc) is 2.87. The molecule has 0 aromatic carbocycles. The summed E-state index contributed by atoms with van der Waals surface area (Å²) < 4.78 is 6.30. The fourth-order valence-corrected chi connectivity index (χ4v) is 2.34. The molecule has 0 aliphatic heterocycles. The highest BCUT2D eigenvalue weighted by molar-refractivity contribution is 9.10. The SMILES string of the molecule is Cc1cc(C[C@@H](C)N[C@H](C)c2ccc(Br)o2)n[nH]1. The van der Waals surface area contributed by atoms with Crippen molar-refractivity contribution in [2.24, 2.45) is 0 Å². The van der Waals surface area contributed by atoms with Crippen molar-refractivity contribution >= 4 is 15.9 Å². The first-order valence-corrected chi connectivity index (χ1v) is 6.86. The van der Waals surface area contributed by atoms with E-state index in [0.717, 1.165) is 28.2 Å². The van der Waals surface area contributed by atoms with E-state index in [2.05, 4.69) is 51.4 Å². The molecule has 18 heavy (non-hydrogen) atoms. The number of halogens is 1. The number of hydrogen-bond donors (Lipinski definition) is 2. The van der Waals surface area contributed by atoms with Crippen LogP contribution in [0.15, 0.2) is 27.3 Å². The lowest BCUT2D eigenvalue weighted by Crippen LogP contribution is -2.30. The molecular weight excluding hydrogens is 294 g/mol. The molecule has 2 rings (SSSR count). The Labute approximate surface area is 115 Å². The number of hydrogen-bond acceptors (Lipinski definition) is 3. The number of furan rings is 1. The van der Waals surface area contributed by atoms with Crippen molar-refractivity contribution in [1.29, 1.82) is 0 Å². The van der Waals surface area contributed by atoms with Crippen LogP contribution in [0.5, 0.6) is 0 Å². The Hall–Kier alpha value is -1.07. The van der Waals surface area contributed by atoms with Gasteiger partial charge in [0, 0.05) is 18.2 Å². The van der Waals surface area contributed by atoms with Crippen molar-refractivity contribution in [3.8, 4) is 0 Å². The van der Waals surface area contributed by atoms with Crippen molar-refractivity contribution in [1.82, 2.24) is 15.5 Å². The van der Waals surface area contributed by atoms with Crippen LogP contribution in [0.4, 0.5) is 0 Å². The average molecular weight is 312 g/mol. The molecule has 2 aromatic rings. The maximum atomic E-state index is 5.53. The standard InChI is InChI=1S/C13H18BrN3O/c1-8(6-11-7-9(2)16-17-11)15-10(3)12-4-5-13(14)18-12/h4-5,7-8,10,15H,6H2,1-3H3,(H,16,17)/t8-,10-/m1/s1. The monoisotopic (exact) mass is 311 g/mol. The van der Waals surface area contributed by atoms with E-state index in [4.69, 9.17) is 4.42 Å². The molecule has 0 saturated carbocycles. The van der Waals surface area contributed by atoms with E-state index in [-0.39, 0.29) is 6.04 Å². The first-order chi connectivity index (χ1) is 8.54. The zero-order chi connectivity index (χ0) is 13.1. The molecule has 98 valence electrons. The molecule has 2 heterocycles. The summed E-state index contributed by atoms with van der Waals surface area (Å²) in [4.78, 5) is 0. The van der Waals surface area contributed by atoms with Gasteiger partial charge in [-0.15, -0.1) is 0 Å². The van der Waals surface area contributed by atoms with E-state index < -0.39 is 0 Å². The fourth-order valence-electron chi connectivity index (χ4n) is 2.02. The van der Waals surface area contributed by atoms with Crippen LogP contribution >= 0.6 is 15.9 Å². The fraction of sp³-hybridized carbons (Fsp3) is 0.462. The van der Waals surface area contributed by atoms with Gasteiger partial charge in [0.25, 0.3) is 0 Å². The van der Waals surface area contributed by atoms with Gasteiger partial charge in [-0.1, -0.05) is 0 Å². The lowest BCUT2D eigenvalue weighted by Gasteiger charge is -2.17. The summed E-state index contributed by atoms with van der Waals surface area (Å²) in [6.07, 6.45) is 0.899. The molecule has 0 amide bonds. The second-order valence-electron chi connectivity index (χ2n) is 4.68. The first kappa shape index (κ1) is 13.4. The van der Waals surface area contributed by atoms with Gasteiger partial charge in [-0.05, 0) is 54.9 Å². The third kappa shape index (κ3) is 3.46. The van der Waals surface area contributed by atoms with E-state index in [1.54, 1.807) is 0 Å². The third-order valence-electron chi connectivity index (χ3n) is 2.83. The van der Waals surface area contributed by atoms with Gasteiger partial charge in [0.1, 0.15) is 5.76 Å². The minimum absolute atomic E-state index is 0.186. The van der Waals surface area contributed by atoms with Gasteiger partial charge in [0.05, 0.1) is 11.7 Å². The Kier molecular flexibility index (Phi) is 4.24. The summed E-state index contributed by atoms with van der Waals surface area (Å²) in [5.41, 5.74) is 2.18. The van der Waals surface area contributed by atoms with Crippen molar-refractivity contribution in [2.45, 2.75) is 39.3 Å². The predicted molar refractivity (Wildman–Crippen MR) is 74.4 cm³/mol. The summed E-state index contributed by atoms with van der Waals surface area (Å²) in [5, 5.41) is 10.7. The Bertz CT molecular complexity index is 506. The topological polar surface area (TPSA) is 53.9 Å². The lowest BCUT2D eigenvalue weighted by molar-refractivity contribution is 0.388. The molecule has 2 N–H and O–H groups in total. The van der Waals surface area contributed by atoms with Gasteiger partial charge >= 0.3 is 0 Å². The summed E-state index contributed by atoms with van der Waals surface area (Å²) in [6.45, 7) is 6.26. The number of aromatic nitrogens is 2. The van der Waals surface area contributed by atoms with Crippen molar-refractivity contribution in [3.05, 3.63) is 40.0 Å². The number of H-pyrrole nitrogens is 1. The second kappa shape index (κ2) is 5.71. The molecule has 0 spiro atoms.